The molecule has 0 saturated carbocycles. The largest absolute Gasteiger partial charge is 0.492 e. The molecule has 2 aromatic heterocycles. The van der Waals surface area contributed by atoms with Crippen molar-refractivity contribution in [1.29, 1.82) is 0 Å². The van der Waals surface area contributed by atoms with Gasteiger partial charge in [-0.25, -0.2) is 14.8 Å². The monoisotopic (exact) mass is 440 g/mol. The summed E-state index contributed by atoms with van der Waals surface area (Å²) >= 11 is 13.7. The van der Waals surface area contributed by atoms with Gasteiger partial charge < -0.3 is 20.5 Å². The molecule has 0 bridgehead atoms. The molecule has 0 spiro atoms. The van der Waals surface area contributed by atoms with Crippen molar-refractivity contribution < 1.29 is 14.6 Å². The summed E-state index contributed by atoms with van der Waals surface area (Å²) in [5.41, 5.74) is 6.80. The molecule has 2 heterocycles. The number of nitrogens with two attached hydrogens (primary N) is 1. The number of nitrogens with zero attached hydrogens (tertiary/aromatic N) is 3. The minimum atomic E-state index is -1.04. The number of thiophene rings is 1. The summed E-state index contributed by atoms with van der Waals surface area (Å²) in [7, 11) is 3.98. The van der Waals surface area contributed by atoms with Crippen molar-refractivity contribution in [3.8, 4) is 17.0 Å². The third kappa shape index (κ3) is 4.47. The molecule has 28 heavy (non-hydrogen) atoms. The Bertz CT molecular complexity index is 1040. The Morgan fingerprint density at radius 3 is 2.68 bits per heavy atom. The van der Waals surface area contributed by atoms with E-state index in [9.17, 15) is 9.90 Å². The number of anilines is 1. The van der Waals surface area contributed by atoms with Gasteiger partial charge in [-0.05, 0) is 38.7 Å². The van der Waals surface area contributed by atoms with Crippen LogP contribution < -0.4 is 10.5 Å². The number of ether oxygens (including phenoxy) is 1. The SMILES string of the molecule is CN(C)CCCOc1cc(-c2nc(N)nc3sc(C(=O)O)cc23)c(Cl)cc1Cl. The van der Waals surface area contributed by atoms with Crippen LogP contribution in [0.2, 0.25) is 10.0 Å². The fraction of sp³-hybridized carbons (Fsp3) is 0.278. The molecule has 0 aliphatic rings. The Morgan fingerprint density at radius 2 is 2.00 bits per heavy atom. The van der Waals surface area contributed by atoms with Crippen molar-refractivity contribution in [3.63, 3.8) is 0 Å². The Labute approximate surface area is 175 Å². The number of hydrogen-bond acceptors (Lipinski definition) is 7. The first-order valence-corrected chi connectivity index (χ1v) is 9.90. The maximum atomic E-state index is 11.3. The number of carboxylic acid groups (broad SMARTS) is 1. The smallest absolute Gasteiger partial charge is 0.345 e. The molecule has 148 valence electrons. The van der Waals surface area contributed by atoms with Crippen molar-refractivity contribution in [2.24, 2.45) is 0 Å². The molecule has 0 aliphatic carbocycles. The van der Waals surface area contributed by atoms with Gasteiger partial charge in [0.15, 0.2) is 0 Å². The number of halogens is 2. The summed E-state index contributed by atoms with van der Waals surface area (Å²) < 4.78 is 5.81. The van der Waals surface area contributed by atoms with Crippen molar-refractivity contribution >= 4 is 56.7 Å². The van der Waals surface area contributed by atoms with Gasteiger partial charge in [-0.2, -0.15) is 0 Å². The van der Waals surface area contributed by atoms with Crippen LogP contribution >= 0.6 is 34.5 Å². The van der Waals surface area contributed by atoms with Crippen LogP contribution in [0.15, 0.2) is 18.2 Å². The van der Waals surface area contributed by atoms with Crippen LogP contribution in [-0.2, 0) is 0 Å². The molecule has 7 nitrogen and oxygen atoms in total. The Balaban J connectivity index is 2.03. The maximum Gasteiger partial charge on any atom is 0.345 e. The highest BCUT2D eigenvalue weighted by Gasteiger charge is 2.19. The maximum absolute atomic E-state index is 11.3. The molecule has 0 fully saturated rings. The summed E-state index contributed by atoms with van der Waals surface area (Å²) in [4.78, 5) is 22.4. The number of carboxylic acids is 1. The van der Waals surface area contributed by atoms with E-state index in [1.807, 2.05) is 14.1 Å². The number of aromatic nitrogens is 2. The quantitative estimate of drug-likeness (QED) is 0.528. The number of aromatic carboxylic acids is 1. The molecule has 3 rings (SSSR count). The van der Waals surface area contributed by atoms with E-state index in [0.29, 0.717) is 43.9 Å². The van der Waals surface area contributed by atoms with Gasteiger partial charge in [0.05, 0.1) is 22.3 Å². The molecule has 0 aliphatic heterocycles. The minimum Gasteiger partial charge on any atom is -0.492 e. The van der Waals surface area contributed by atoms with Crippen molar-refractivity contribution in [3.05, 3.63) is 33.1 Å². The molecule has 0 amide bonds. The van der Waals surface area contributed by atoms with Gasteiger partial charge >= 0.3 is 5.97 Å². The van der Waals surface area contributed by atoms with Crippen LogP contribution in [0.4, 0.5) is 5.95 Å². The van der Waals surface area contributed by atoms with Crippen molar-refractivity contribution in [1.82, 2.24) is 14.9 Å². The van der Waals surface area contributed by atoms with E-state index in [0.717, 1.165) is 24.3 Å². The van der Waals surface area contributed by atoms with E-state index in [1.165, 1.54) is 6.07 Å². The lowest BCUT2D eigenvalue weighted by Gasteiger charge is -2.13. The van der Waals surface area contributed by atoms with E-state index >= 15 is 0 Å². The molecule has 1 aromatic carbocycles. The van der Waals surface area contributed by atoms with Gasteiger partial charge in [-0.1, -0.05) is 23.2 Å². The zero-order valence-electron chi connectivity index (χ0n) is 15.2. The lowest BCUT2D eigenvalue weighted by molar-refractivity contribution is 0.0702. The van der Waals surface area contributed by atoms with Crippen LogP contribution in [0, 0.1) is 0 Å². The number of benzene rings is 1. The van der Waals surface area contributed by atoms with Crippen molar-refractivity contribution in [2.75, 3.05) is 33.0 Å². The first-order valence-electron chi connectivity index (χ1n) is 8.33. The van der Waals surface area contributed by atoms with E-state index in [1.54, 1.807) is 12.1 Å². The second-order valence-corrected chi connectivity index (χ2v) is 8.18. The second kappa shape index (κ2) is 8.48. The number of rotatable bonds is 7. The average Bonchev–Trinajstić information content (AvgIpc) is 3.03. The number of nitrogen functional groups attached to an aromatic ring is 1. The summed E-state index contributed by atoms with van der Waals surface area (Å²) in [6, 6.07) is 4.79. The number of fused-ring (bicyclic) bond motifs is 1. The van der Waals surface area contributed by atoms with Gasteiger partial charge in [0.25, 0.3) is 0 Å². The highest BCUT2D eigenvalue weighted by molar-refractivity contribution is 7.20. The van der Waals surface area contributed by atoms with Crippen LogP contribution in [0.1, 0.15) is 16.1 Å². The predicted octanol–water partition coefficient (Wildman–Crippen LogP) is 4.28. The van der Waals surface area contributed by atoms with Gasteiger partial charge in [0, 0.05) is 17.5 Å². The number of hydrogen-bond donors (Lipinski definition) is 2. The first kappa shape index (κ1) is 20.6. The molecule has 3 N–H and O–H groups in total. The zero-order valence-corrected chi connectivity index (χ0v) is 17.5. The zero-order chi connectivity index (χ0) is 20.4. The summed E-state index contributed by atoms with van der Waals surface area (Å²) in [5.74, 6) is -0.542. The van der Waals surface area contributed by atoms with Gasteiger partial charge in [0.2, 0.25) is 5.95 Å². The normalized spacial score (nSPS) is 11.3. The Kier molecular flexibility index (Phi) is 6.24. The molecule has 0 radical (unpaired) electrons. The lowest BCUT2D eigenvalue weighted by atomic mass is 10.1. The minimum absolute atomic E-state index is 0.0285. The molecule has 0 atom stereocenters. The van der Waals surface area contributed by atoms with Crippen molar-refractivity contribution in [2.45, 2.75) is 6.42 Å². The average molecular weight is 441 g/mol. The third-order valence-corrected chi connectivity index (χ3v) is 5.53. The molecule has 0 unspecified atom stereocenters. The highest BCUT2D eigenvalue weighted by Crippen LogP contribution is 2.40. The Morgan fingerprint density at radius 1 is 1.25 bits per heavy atom. The summed E-state index contributed by atoms with van der Waals surface area (Å²) in [5, 5.41) is 10.6. The van der Waals surface area contributed by atoms with Crippen LogP contribution in [-0.4, -0.2) is 53.2 Å². The standard InChI is InChI=1S/C18H18Cl2N4O3S/c1-24(2)4-3-5-27-13-6-9(11(19)8-12(13)20)15-10-7-14(17(25)26)28-16(10)23-18(21)22-15/h6-8H,3-5H2,1-2H3,(H,25,26)(H2,21,22,23). The van der Waals surface area contributed by atoms with E-state index in [2.05, 4.69) is 14.9 Å². The van der Waals surface area contributed by atoms with Crippen LogP contribution in [0.3, 0.4) is 0 Å². The second-order valence-electron chi connectivity index (χ2n) is 6.33. The Hall–Kier alpha value is -2.13. The van der Waals surface area contributed by atoms with E-state index in [4.69, 9.17) is 33.7 Å². The molecule has 0 saturated heterocycles. The molecule has 3 aromatic rings. The molecule has 10 heteroatoms. The topological polar surface area (TPSA) is 102 Å². The summed E-state index contributed by atoms with van der Waals surface area (Å²) in [6.45, 7) is 1.37. The molecular weight excluding hydrogens is 423 g/mol. The third-order valence-electron chi connectivity index (χ3n) is 3.90. The fourth-order valence-electron chi connectivity index (χ4n) is 2.63. The first-order chi connectivity index (χ1) is 13.3. The van der Waals surface area contributed by atoms with Gasteiger partial charge in [-0.3, -0.25) is 0 Å². The predicted molar refractivity (Wildman–Crippen MR) is 113 cm³/mol. The van der Waals surface area contributed by atoms with Crippen LogP contribution in [0.5, 0.6) is 5.75 Å². The molecular formula is C18H18Cl2N4O3S. The van der Waals surface area contributed by atoms with Gasteiger partial charge in [0.1, 0.15) is 15.5 Å². The van der Waals surface area contributed by atoms with E-state index in [-0.39, 0.29) is 10.8 Å². The van der Waals surface area contributed by atoms with E-state index < -0.39 is 5.97 Å². The number of carbonyl (C=O) groups is 1. The van der Waals surface area contributed by atoms with Crippen LogP contribution in [0.25, 0.3) is 21.5 Å². The summed E-state index contributed by atoms with van der Waals surface area (Å²) in [6.07, 6.45) is 0.832. The fourth-order valence-corrected chi connectivity index (χ4v) is 4.04. The van der Waals surface area contributed by atoms with Gasteiger partial charge in [-0.15, -0.1) is 11.3 Å². The highest BCUT2D eigenvalue weighted by atomic mass is 35.5. The lowest BCUT2D eigenvalue weighted by Crippen LogP contribution is -2.15.